The normalized spacial score (nSPS) is 25.6. The van der Waals surface area contributed by atoms with Crippen molar-refractivity contribution in [1.29, 1.82) is 0 Å². The van der Waals surface area contributed by atoms with E-state index in [2.05, 4.69) is 12.6 Å². The zero-order chi connectivity index (χ0) is 9.26. The van der Waals surface area contributed by atoms with Crippen molar-refractivity contribution in [3.8, 4) is 0 Å². The number of methoxy groups -OCH3 is 1. The third kappa shape index (κ3) is 1.64. The van der Waals surface area contributed by atoms with Gasteiger partial charge in [0.15, 0.2) is 6.29 Å². The van der Waals surface area contributed by atoms with E-state index in [-0.39, 0.29) is 12.4 Å². The molecule has 1 aliphatic heterocycles. The van der Waals surface area contributed by atoms with Gasteiger partial charge in [-0.05, 0) is 17.2 Å². The number of epoxide rings is 1. The fourth-order valence-electron chi connectivity index (χ4n) is 1.38. The first-order valence-corrected chi connectivity index (χ1v) is 4.26. The third-order valence-corrected chi connectivity index (χ3v) is 2.16. The highest BCUT2D eigenvalue weighted by molar-refractivity contribution is 5.48. The van der Waals surface area contributed by atoms with Crippen molar-refractivity contribution in [2.75, 3.05) is 7.11 Å². The molecule has 1 saturated heterocycles. The van der Waals surface area contributed by atoms with E-state index in [1.807, 2.05) is 24.3 Å². The molecule has 1 heterocycles. The molecule has 0 spiro atoms. The van der Waals surface area contributed by atoms with E-state index >= 15 is 0 Å². The van der Waals surface area contributed by atoms with Crippen LogP contribution in [0.1, 0.15) is 17.2 Å². The molecular formula is C11H12O2. The van der Waals surface area contributed by atoms with Gasteiger partial charge in [0.2, 0.25) is 0 Å². The Morgan fingerprint density at radius 3 is 3.00 bits per heavy atom. The van der Waals surface area contributed by atoms with Crippen LogP contribution in [0, 0.1) is 0 Å². The summed E-state index contributed by atoms with van der Waals surface area (Å²) in [7, 11) is 1.65. The summed E-state index contributed by atoms with van der Waals surface area (Å²) < 4.78 is 10.3. The van der Waals surface area contributed by atoms with Crippen LogP contribution in [0.5, 0.6) is 0 Å². The summed E-state index contributed by atoms with van der Waals surface area (Å²) in [5.41, 5.74) is 2.27. The molecule has 0 amide bonds. The van der Waals surface area contributed by atoms with Gasteiger partial charge in [-0.2, -0.15) is 0 Å². The van der Waals surface area contributed by atoms with Crippen LogP contribution in [-0.4, -0.2) is 13.4 Å². The van der Waals surface area contributed by atoms with Gasteiger partial charge in [0.25, 0.3) is 0 Å². The first-order chi connectivity index (χ1) is 6.35. The molecule has 0 N–H and O–H groups in total. The molecular weight excluding hydrogens is 164 g/mol. The SMILES string of the molecule is C=Cc1cccc(C2OC2OC)c1. The van der Waals surface area contributed by atoms with Gasteiger partial charge in [0, 0.05) is 7.11 Å². The van der Waals surface area contributed by atoms with E-state index in [0.29, 0.717) is 0 Å². The van der Waals surface area contributed by atoms with Crippen molar-refractivity contribution in [3.05, 3.63) is 42.0 Å². The molecule has 2 rings (SSSR count). The van der Waals surface area contributed by atoms with Crippen LogP contribution in [0.15, 0.2) is 30.8 Å². The van der Waals surface area contributed by atoms with E-state index in [4.69, 9.17) is 9.47 Å². The van der Waals surface area contributed by atoms with Gasteiger partial charge in [-0.1, -0.05) is 30.9 Å². The highest BCUT2D eigenvalue weighted by Crippen LogP contribution is 2.39. The Hall–Kier alpha value is -1.12. The van der Waals surface area contributed by atoms with Crippen LogP contribution >= 0.6 is 0 Å². The van der Waals surface area contributed by atoms with Crippen LogP contribution in [0.4, 0.5) is 0 Å². The van der Waals surface area contributed by atoms with E-state index in [1.165, 1.54) is 0 Å². The maximum Gasteiger partial charge on any atom is 0.188 e. The fraction of sp³-hybridized carbons (Fsp3) is 0.273. The van der Waals surface area contributed by atoms with Gasteiger partial charge in [-0.3, -0.25) is 0 Å². The van der Waals surface area contributed by atoms with Crippen molar-refractivity contribution in [1.82, 2.24) is 0 Å². The number of benzene rings is 1. The molecule has 0 aliphatic carbocycles. The van der Waals surface area contributed by atoms with Crippen molar-refractivity contribution in [2.45, 2.75) is 12.4 Å². The summed E-state index contributed by atoms with van der Waals surface area (Å²) in [4.78, 5) is 0. The van der Waals surface area contributed by atoms with E-state index in [9.17, 15) is 0 Å². The lowest BCUT2D eigenvalue weighted by Crippen LogP contribution is -1.90. The predicted molar refractivity (Wildman–Crippen MR) is 51.2 cm³/mol. The van der Waals surface area contributed by atoms with Crippen molar-refractivity contribution < 1.29 is 9.47 Å². The molecule has 13 heavy (non-hydrogen) atoms. The molecule has 0 bridgehead atoms. The number of ether oxygens (including phenoxy) is 2. The molecule has 2 heteroatoms. The Kier molecular flexibility index (Phi) is 2.17. The lowest BCUT2D eigenvalue weighted by atomic mass is 10.1. The van der Waals surface area contributed by atoms with Crippen molar-refractivity contribution in [2.24, 2.45) is 0 Å². The number of hydrogen-bond acceptors (Lipinski definition) is 2. The largest absolute Gasteiger partial charge is 0.353 e. The summed E-state index contributed by atoms with van der Waals surface area (Å²) >= 11 is 0. The van der Waals surface area contributed by atoms with Crippen LogP contribution < -0.4 is 0 Å². The molecule has 1 fully saturated rings. The lowest BCUT2D eigenvalue weighted by molar-refractivity contribution is 0.0950. The molecule has 0 aromatic heterocycles. The maximum absolute atomic E-state index is 5.30. The summed E-state index contributed by atoms with van der Waals surface area (Å²) in [6.07, 6.45) is 1.89. The average molecular weight is 176 g/mol. The van der Waals surface area contributed by atoms with Gasteiger partial charge < -0.3 is 9.47 Å². The molecule has 68 valence electrons. The minimum absolute atomic E-state index is 0.0555. The zero-order valence-corrected chi connectivity index (χ0v) is 7.57. The number of rotatable bonds is 3. The van der Waals surface area contributed by atoms with Crippen LogP contribution in [-0.2, 0) is 9.47 Å². The van der Waals surface area contributed by atoms with Crippen LogP contribution in [0.3, 0.4) is 0 Å². The molecule has 0 radical (unpaired) electrons. The second-order valence-corrected chi connectivity index (χ2v) is 3.04. The van der Waals surface area contributed by atoms with E-state index < -0.39 is 0 Å². The summed E-state index contributed by atoms with van der Waals surface area (Å²) in [5, 5.41) is 0. The minimum atomic E-state index is -0.0555. The fourth-order valence-corrected chi connectivity index (χ4v) is 1.38. The Balaban J connectivity index is 2.17. The standard InChI is InChI=1S/C11H12O2/c1-3-8-5-4-6-9(7-8)10-11(12-2)13-10/h3-7,10-11H,1H2,2H3. The van der Waals surface area contributed by atoms with Gasteiger partial charge in [-0.25, -0.2) is 0 Å². The molecule has 1 aromatic rings. The average Bonchev–Trinajstić information content (AvgIpc) is 2.97. The zero-order valence-electron chi connectivity index (χ0n) is 7.57. The highest BCUT2D eigenvalue weighted by atomic mass is 16.8. The lowest BCUT2D eigenvalue weighted by Gasteiger charge is -1.97. The van der Waals surface area contributed by atoms with E-state index in [0.717, 1.165) is 11.1 Å². The first kappa shape index (κ1) is 8.48. The highest BCUT2D eigenvalue weighted by Gasteiger charge is 2.40. The molecule has 2 atom stereocenters. The first-order valence-electron chi connectivity index (χ1n) is 4.26. The van der Waals surface area contributed by atoms with Gasteiger partial charge in [-0.15, -0.1) is 0 Å². The topological polar surface area (TPSA) is 21.8 Å². The Labute approximate surface area is 77.8 Å². The third-order valence-electron chi connectivity index (χ3n) is 2.16. The summed E-state index contributed by atoms with van der Waals surface area (Å²) in [6, 6.07) is 8.12. The van der Waals surface area contributed by atoms with E-state index in [1.54, 1.807) is 7.11 Å². The van der Waals surface area contributed by atoms with Gasteiger partial charge >= 0.3 is 0 Å². The summed E-state index contributed by atoms with van der Waals surface area (Å²) in [5.74, 6) is 0. The molecule has 0 saturated carbocycles. The smallest absolute Gasteiger partial charge is 0.188 e. The summed E-state index contributed by atoms with van der Waals surface area (Å²) in [6.45, 7) is 3.72. The van der Waals surface area contributed by atoms with Crippen LogP contribution in [0.25, 0.3) is 6.08 Å². The maximum atomic E-state index is 5.30. The van der Waals surface area contributed by atoms with Crippen molar-refractivity contribution in [3.63, 3.8) is 0 Å². The van der Waals surface area contributed by atoms with Crippen molar-refractivity contribution >= 4 is 6.08 Å². The Bertz CT molecular complexity index is 320. The second kappa shape index (κ2) is 3.32. The molecule has 1 aromatic carbocycles. The molecule has 2 unspecified atom stereocenters. The van der Waals surface area contributed by atoms with Gasteiger partial charge in [0.05, 0.1) is 0 Å². The Morgan fingerprint density at radius 2 is 2.38 bits per heavy atom. The molecule has 2 nitrogen and oxygen atoms in total. The quantitative estimate of drug-likeness (QED) is 0.659. The predicted octanol–water partition coefficient (Wildman–Crippen LogP) is 2.37. The Morgan fingerprint density at radius 1 is 1.54 bits per heavy atom. The minimum Gasteiger partial charge on any atom is -0.353 e. The number of hydrogen-bond donors (Lipinski definition) is 0. The van der Waals surface area contributed by atoms with Gasteiger partial charge in [0.1, 0.15) is 6.10 Å². The molecule has 1 aliphatic rings. The monoisotopic (exact) mass is 176 g/mol. The second-order valence-electron chi connectivity index (χ2n) is 3.04. The van der Waals surface area contributed by atoms with Crippen LogP contribution in [0.2, 0.25) is 0 Å².